The minimum absolute atomic E-state index is 0.0779. The van der Waals surface area contributed by atoms with Crippen molar-refractivity contribution in [3.63, 3.8) is 0 Å². The van der Waals surface area contributed by atoms with E-state index in [-0.39, 0.29) is 19.0 Å². The van der Waals surface area contributed by atoms with Crippen LogP contribution in [0.1, 0.15) is 19.8 Å². The molecule has 1 aromatic heterocycles. The molecule has 1 aromatic rings. The van der Waals surface area contributed by atoms with Crippen molar-refractivity contribution in [2.45, 2.75) is 26.3 Å². The Morgan fingerprint density at radius 1 is 1.50 bits per heavy atom. The highest BCUT2D eigenvalue weighted by molar-refractivity contribution is 5.79. The first-order valence-electron chi connectivity index (χ1n) is 6.00. The van der Waals surface area contributed by atoms with Gasteiger partial charge in [0.25, 0.3) is 0 Å². The monoisotopic (exact) mass is 251 g/mol. The Morgan fingerprint density at radius 3 is 2.89 bits per heavy atom. The molecule has 2 rings (SSSR count). The van der Waals surface area contributed by atoms with Gasteiger partial charge in [0.1, 0.15) is 6.54 Å². The summed E-state index contributed by atoms with van der Waals surface area (Å²) in [5, 5.41) is 13.2. The summed E-state index contributed by atoms with van der Waals surface area (Å²) in [5.41, 5.74) is -0.821. The van der Waals surface area contributed by atoms with Gasteiger partial charge in [-0.3, -0.25) is 14.3 Å². The van der Waals surface area contributed by atoms with E-state index >= 15 is 0 Å². The van der Waals surface area contributed by atoms with E-state index in [0.29, 0.717) is 13.0 Å². The van der Waals surface area contributed by atoms with Crippen LogP contribution in [0.15, 0.2) is 18.5 Å². The molecule has 1 fully saturated rings. The molecule has 1 N–H and O–H groups in total. The summed E-state index contributed by atoms with van der Waals surface area (Å²) in [5.74, 6) is -0.912. The number of rotatable bonds is 3. The standard InChI is InChI=1S/C12H17N3O3/c1-12(11(17)18)4-2-6-14(9-12)10(16)8-15-7-3-5-13-15/h3,5,7H,2,4,6,8-9H2,1H3,(H,17,18). The Bertz CT molecular complexity index is 443. The smallest absolute Gasteiger partial charge is 0.311 e. The van der Waals surface area contributed by atoms with E-state index in [2.05, 4.69) is 5.10 Å². The summed E-state index contributed by atoms with van der Waals surface area (Å²) in [6.45, 7) is 2.77. The molecule has 1 atom stereocenters. The fourth-order valence-electron chi connectivity index (χ4n) is 2.26. The first-order valence-corrected chi connectivity index (χ1v) is 6.00. The van der Waals surface area contributed by atoms with E-state index in [1.807, 2.05) is 0 Å². The molecule has 6 heteroatoms. The van der Waals surface area contributed by atoms with Crippen molar-refractivity contribution in [1.29, 1.82) is 0 Å². The van der Waals surface area contributed by atoms with Gasteiger partial charge in [0.05, 0.1) is 5.41 Å². The molecule has 1 aliphatic heterocycles. The van der Waals surface area contributed by atoms with Crippen LogP contribution in [0.2, 0.25) is 0 Å². The van der Waals surface area contributed by atoms with Crippen molar-refractivity contribution >= 4 is 11.9 Å². The summed E-state index contributed by atoms with van der Waals surface area (Å²) < 4.78 is 1.55. The average molecular weight is 251 g/mol. The first-order chi connectivity index (χ1) is 8.51. The lowest BCUT2D eigenvalue weighted by Gasteiger charge is -2.37. The third-order valence-corrected chi connectivity index (χ3v) is 3.42. The molecule has 0 radical (unpaired) electrons. The maximum Gasteiger partial charge on any atom is 0.311 e. The van der Waals surface area contributed by atoms with Crippen LogP contribution in [0, 0.1) is 5.41 Å². The summed E-state index contributed by atoms with van der Waals surface area (Å²) >= 11 is 0. The minimum atomic E-state index is -0.834. The van der Waals surface area contributed by atoms with Crippen LogP contribution in [0.4, 0.5) is 0 Å². The second kappa shape index (κ2) is 4.80. The summed E-state index contributed by atoms with van der Waals surface area (Å²) in [6.07, 6.45) is 4.69. The molecule has 0 saturated carbocycles. The summed E-state index contributed by atoms with van der Waals surface area (Å²) in [6, 6.07) is 1.75. The predicted molar refractivity (Wildman–Crippen MR) is 63.8 cm³/mol. The van der Waals surface area contributed by atoms with Crippen molar-refractivity contribution in [3.8, 4) is 0 Å². The second-order valence-electron chi connectivity index (χ2n) is 4.99. The Morgan fingerprint density at radius 2 is 2.28 bits per heavy atom. The van der Waals surface area contributed by atoms with Crippen molar-refractivity contribution in [3.05, 3.63) is 18.5 Å². The number of carboxylic acid groups (broad SMARTS) is 1. The fourth-order valence-corrected chi connectivity index (χ4v) is 2.26. The van der Waals surface area contributed by atoms with Crippen molar-refractivity contribution < 1.29 is 14.7 Å². The van der Waals surface area contributed by atoms with E-state index in [4.69, 9.17) is 0 Å². The number of hydrogen-bond donors (Lipinski definition) is 1. The van der Waals surface area contributed by atoms with Crippen LogP contribution in [0.5, 0.6) is 0 Å². The van der Waals surface area contributed by atoms with Gasteiger partial charge in [0.15, 0.2) is 0 Å². The molecule has 0 aromatic carbocycles. The second-order valence-corrected chi connectivity index (χ2v) is 4.99. The number of carbonyl (C=O) groups excluding carboxylic acids is 1. The number of nitrogens with zero attached hydrogens (tertiary/aromatic N) is 3. The molecule has 1 aliphatic rings. The number of hydrogen-bond acceptors (Lipinski definition) is 3. The Balaban J connectivity index is 2.00. The SMILES string of the molecule is CC1(C(=O)O)CCCN(C(=O)Cn2cccn2)C1. The summed E-state index contributed by atoms with van der Waals surface area (Å²) in [7, 11) is 0. The predicted octanol–water partition coefficient (Wildman–Crippen LogP) is 0.596. The third kappa shape index (κ3) is 2.52. The van der Waals surface area contributed by atoms with Gasteiger partial charge in [0, 0.05) is 25.5 Å². The normalized spacial score (nSPS) is 23.9. The maximum atomic E-state index is 12.0. The number of aromatic nitrogens is 2. The molecule has 18 heavy (non-hydrogen) atoms. The van der Waals surface area contributed by atoms with Crippen molar-refractivity contribution in [2.24, 2.45) is 5.41 Å². The highest BCUT2D eigenvalue weighted by atomic mass is 16.4. The van der Waals surface area contributed by atoms with E-state index in [0.717, 1.165) is 6.42 Å². The molecule has 2 heterocycles. The Hall–Kier alpha value is -1.85. The lowest BCUT2D eigenvalue weighted by Crippen LogP contribution is -2.49. The molecule has 1 saturated heterocycles. The lowest BCUT2D eigenvalue weighted by atomic mass is 9.82. The van der Waals surface area contributed by atoms with Gasteiger partial charge in [-0.2, -0.15) is 5.10 Å². The third-order valence-electron chi connectivity index (χ3n) is 3.42. The van der Waals surface area contributed by atoms with Gasteiger partial charge in [0.2, 0.25) is 5.91 Å². The van der Waals surface area contributed by atoms with Crippen molar-refractivity contribution in [2.75, 3.05) is 13.1 Å². The van der Waals surface area contributed by atoms with Crippen LogP contribution >= 0.6 is 0 Å². The highest BCUT2D eigenvalue weighted by Gasteiger charge is 2.39. The van der Waals surface area contributed by atoms with Gasteiger partial charge >= 0.3 is 5.97 Å². The van der Waals surface area contributed by atoms with Crippen LogP contribution in [0.25, 0.3) is 0 Å². The minimum Gasteiger partial charge on any atom is -0.481 e. The number of carboxylic acids is 1. The number of likely N-dealkylation sites (tertiary alicyclic amines) is 1. The largest absolute Gasteiger partial charge is 0.481 e. The van der Waals surface area contributed by atoms with E-state index in [9.17, 15) is 14.7 Å². The van der Waals surface area contributed by atoms with Gasteiger partial charge in [-0.25, -0.2) is 0 Å². The fraction of sp³-hybridized carbons (Fsp3) is 0.583. The molecule has 1 unspecified atom stereocenters. The van der Waals surface area contributed by atoms with E-state index in [1.54, 1.807) is 35.0 Å². The zero-order valence-corrected chi connectivity index (χ0v) is 10.4. The lowest BCUT2D eigenvalue weighted by molar-refractivity contribution is -0.153. The molecule has 0 bridgehead atoms. The van der Waals surface area contributed by atoms with Gasteiger partial charge in [-0.05, 0) is 25.8 Å². The quantitative estimate of drug-likeness (QED) is 0.853. The maximum absolute atomic E-state index is 12.0. The number of amides is 1. The molecule has 1 amide bonds. The topological polar surface area (TPSA) is 75.4 Å². The van der Waals surface area contributed by atoms with Gasteiger partial charge in [-0.1, -0.05) is 0 Å². The number of aliphatic carboxylic acids is 1. The first kappa shape index (κ1) is 12.6. The molecular weight excluding hydrogens is 234 g/mol. The summed E-state index contributed by atoms with van der Waals surface area (Å²) in [4.78, 5) is 24.9. The number of carbonyl (C=O) groups is 2. The van der Waals surface area contributed by atoms with E-state index < -0.39 is 11.4 Å². The Labute approximate surface area is 105 Å². The van der Waals surface area contributed by atoms with Gasteiger partial charge < -0.3 is 10.0 Å². The van der Waals surface area contributed by atoms with Crippen LogP contribution in [-0.2, 0) is 16.1 Å². The zero-order valence-electron chi connectivity index (χ0n) is 10.4. The van der Waals surface area contributed by atoms with Crippen molar-refractivity contribution in [1.82, 2.24) is 14.7 Å². The van der Waals surface area contributed by atoms with Crippen LogP contribution in [0.3, 0.4) is 0 Å². The van der Waals surface area contributed by atoms with Gasteiger partial charge in [-0.15, -0.1) is 0 Å². The molecule has 98 valence electrons. The molecule has 6 nitrogen and oxygen atoms in total. The highest BCUT2D eigenvalue weighted by Crippen LogP contribution is 2.29. The molecular formula is C12H17N3O3. The molecule has 0 aliphatic carbocycles. The van der Waals surface area contributed by atoms with E-state index in [1.165, 1.54) is 0 Å². The average Bonchev–Trinajstić information content (AvgIpc) is 2.81. The molecule has 0 spiro atoms. The zero-order chi connectivity index (χ0) is 13.2. The van der Waals surface area contributed by atoms with Crippen LogP contribution in [-0.4, -0.2) is 44.8 Å². The van der Waals surface area contributed by atoms with Crippen LogP contribution < -0.4 is 0 Å². The Kier molecular flexibility index (Phi) is 3.36. The number of piperidine rings is 1.